The number of carboxylic acids is 1. The van der Waals surface area contributed by atoms with Gasteiger partial charge in [-0.2, -0.15) is 0 Å². The smallest absolute Gasteiger partial charge is 0.320 e. The number of aliphatic carboxylic acids is 1. The van der Waals surface area contributed by atoms with E-state index in [2.05, 4.69) is 18.7 Å². The molecule has 0 aliphatic carbocycles. The van der Waals surface area contributed by atoms with Crippen LogP contribution in [-0.4, -0.2) is 48.8 Å². The van der Waals surface area contributed by atoms with E-state index in [1.165, 1.54) is 0 Å². The van der Waals surface area contributed by atoms with Crippen LogP contribution in [0, 0.1) is 11.3 Å². The summed E-state index contributed by atoms with van der Waals surface area (Å²) in [6, 6.07) is -0.346. The van der Waals surface area contributed by atoms with Gasteiger partial charge in [0.25, 0.3) is 0 Å². The average Bonchev–Trinajstić information content (AvgIpc) is 2.43. The maximum atomic E-state index is 11.1. The van der Waals surface area contributed by atoms with Gasteiger partial charge in [0.2, 0.25) is 0 Å². The van der Waals surface area contributed by atoms with Gasteiger partial charge >= 0.3 is 5.97 Å². The molecule has 2 atom stereocenters. The highest BCUT2D eigenvalue weighted by molar-refractivity contribution is 5.73. The summed E-state index contributed by atoms with van der Waals surface area (Å²) < 4.78 is 5.21. The monoisotopic (exact) mass is 229 g/mol. The third-order valence-corrected chi connectivity index (χ3v) is 3.65. The van der Waals surface area contributed by atoms with Crippen LogP contribution in [0.5, 0.6) is 0 Å². The first-order valence-corrected chi connectivity index (χ1v) is 5.88. The molecule has 0 bridgehead atoms. The lowest BCUT2D eigenvalue weighted by Gasteiger charge is -2.25. The number of carboxylic acid groups (broad SMARTS) is 1. The lowest BCUT2D eigenvalue weighted by atomic mass is 9.83. The number of hydrogen-bond donors (Lipinski definition) is 1. The van der Waals surface area contributed by atoms with Gasteiger partial charge in [-0.1, -0.05) is 20.8 Å². The molecule has 0 spiro atoms. The van der Waals surface area contributed by atoms with Crippen molar-refractivity contribution >= 4 is 5.97 Å². The Kier molecular flexibility index (Phi) is 4.33. The van der Waals surface area contributed by atoms with Crippen LogP contribution in [0.4, 0.5) is 0 Å². The Bertz CT molecular complexity index is 253. The molecule has 0 saturated carbocycles. The fourth-order valence-corrected chi connectivity index (χ4v) is 2.55. The van der Waals surface area contributed by atoms with Gasteiger partial charge in [0.1, 0.15) is 6.04 Å². The van der Waals surface area contributed by atoms with Crippen molar-refractivity contribution in [1.82, 2.24) is 4.90 Å². The minimum atomic E-state index is -0.712. The summed E-state index contributed by atoms with van der Waals surface area (Å²) in [6.45, 7) is 8.67. The van der Waals surface area contributed by atoms with E-state index in [1.807, 2.05) is 6.92 Å². The van der Waals surface area contributed by atoms with Gasteiger partial charge in [-0.3, -0.25) is 9.69 Å². The zero-order valence-electron chi connectivity index (χ0n) is 10.7. The fraction of sp³-hybridized carbons (Fsp3) is 0.917. The van der Waals surface area contributed by atoms with Gasteiger partial charge < -0.3 is 9.84 Å². The maximum absolute atomic E-state index is 11.1. The molecule has 0 aromatic carbocycles. The van der Waals surface area contributed by atoms with E-state index in [0.29, 0.717) is 18.9 Å². The molecule has 1 fully saturated rings. The first-order chi connectivity index (χ1) is 7.42. The third-order valence-electron chi connectivity index (χ3n) is 3.65. The van der Waals surface area contributed by atoms with Crippen LogP contribution in [0.15, 0.2) is 0 Å². The van der Waals surface area contributed by atoms with E-state index in [0.717, 1.165) is 13.1 Å². The number of ether oxygens (including phenoxy) is 1. The van der Waals surface area contributed by atoms with E-state index in [-0.39, 0.29) is 11.5 Å². The van der Waals surface area contributed by atoms with E-state index in [1.54, 1.807) is 7.11 Å². The van der Waals surface area contributed by atoms with Gasteiger partial charge in [0, 0.05) is 26.1 Å². The average molecular weight is 229 g/mol. The van der Waals surface area contributed by atoms with Crippen molar-refractivity contribution in [3.63, 3.8) is 0 Å². The van der Waals surface area contributed by atoms with Gasteiger partial charge in [-0.15, -0.1) is 0 Å². The molecule has 94 valence electrons. The number of rotatable bonds is 5. The van der Waals surface area contributed by atoms with Crippen molar-refractivity contribution in [2.24, 2.45) is 11.3 Å². The molecule has 1 N–H and O–H groups in total. The molecule has 0 amide bonds. The third kappa shape index (κ3) is 2.74. The van der Waals surface area contributed by atoms with Crippen molar-refractivity contribution < 1.29 is 14.6 Å². The number of hydrogen-bond acceptors (Lipinski definition) is 3. The predicted molar refractivity (Wildman–Crippen MR) is 62.4 cm³/mol. The Labute approximate surface area is 97.6 Å². The van der Waals surface area contributed by atoms with Crippen molar-refractivity contribution in [3.8, 4) is 0 Å². The van der Waals surface area contributed by atoms with Crippen molar-refractivity contribution in [2.75, 3.05) is 26.8 Å². The minimum Gasteiger partial charge on any atom is -0.480 e. The summed E-state index contributed by atoms with van der Waals surface area (Å²) in [5, 5.41) is 9.15. The van der Waals surface area contributed by atoms with Crippen molar-refractivity contribution in [2.45, 2.75) is 33.2 Å². The predicted octanol–water partition coefficient (Wildman–Crippen LogP) is 1.45. The molecule has 16 heavy (non-hydrogen) atoms. The Morgan fingerprint density at radius 2 is 2.25 bits per heavy atom. The maximum Gasteiger partial charge on any atom is 0.320 e. The highest BCUT2D eigenvalue weighted by Gasteiger charge is 2.42. The zero-order valence-corrected chi connectivity index (χ0v) is 10.7. The number of likely N-dealkylation sites (tertiary alicyclic amines) is 1. The molecule has 0 radical (unpaired) electrons. The molecule has 1 aliphatic rings. The lowest BCUT2D eigenvalue weighted by molar-refractivity contribution is -0.143. The molecular formula is C12H23NO3. The fourth-order valence-electron chi connectivity index (χ4n) is 2.55. The van der Waals surface area contributed by atoms with Crippen LogP contribution >= 0.6 is 0 Å². The number of methoxy groups -OCH3 is 1. The Morgan fingerprint density at radius 1 is 1.62 bits per heavy atom. The quantitative estimate of drug-likeness (QED) is 0.775. The molecule has 1 aliphatic heterocycles. The summed E-state index contributed by atoms with van der Waals surface area (Å²) in [5.41, 5.74) is 0.138. The van der Waals surface area contributed by atoms with Crippen LogP contribution in [0.25, 0.3) is 0 Å². The normalized spacial score (nSPS) is 26.9. The first-order valence-electron chi connectivity index (χ1n) is 5.88. The lowest BCUT2D eigenvalue weighted by Crippen LogP contribution is -2.40. The SMILES string of the molecule is CC[C@@H](C(=O)O)N1C[C@@H](COC)C(C)(C)C1. The molecule has 1 heterocycles. The number of carbonyl (C=O) groups is 1. The van der Waals surface area contributed by atoms with E-state index in [4.69, 9.17) is 9.84 Å². The van der Waals surface area contributed by atoms with Crippen LogP contribution in [0.1, 0.15) is 27.2 Å². The summed E-state index contributed by atoms with van der Waals surface area (Å²) in [5.74, 6) is -0.290. The minimum absolute atomic E-state index is 0.138. The van der Waals surface area contributed by atoms with E-state index in [9.17, 15) is 4.79 Å². The molecule has 0 aromatic rings. The molecule has 1 rings (SSSR count). The molecular weight excluding hydrogens is 206 g/mol. The Morgan fingerprint density at radius 3 is 2.69 bits per heavy atom. The topological polar surface area (TPSA) is 49.8 Å². The second-order valence-corrected chi connectivity index (χ2v) is 5.33. The number of nitrogens with zero attached hydrogens (tertiary/aromatic N) is 1. The molecule has 4 heteroatoms. The standard InChI is InChI=1S/C12H23NO3/c1-5-10(11(14)15)13-6-9(7-16-4)12(2,3)8-13/h9-10H,5-8H2,1-4H3,(H,14,15)/t9-,10-/m0/s1. The summed E-state index contributed by atoms with van der Waals surface area (Å²) in [7, 11) is 1.70. The molecule has 0 unspecified atom stereocenters. The van der Waals surface area contributed by atoms with Crippen LogP contribution in [-0.2, 0) is 9.53 Å². The van der Waals surface area contributed by atoms with Crippen molar-refractivity contribution in [3.05, 3.63) is 0 Å². The van der Waals surface area contributed by atoms with Crippen LogP contribution in [0.3, 0.4) is 0 Å². The Balaban J connectivity index is 2.70. The van der Waals surface area contributed by atoms with Gasteiger partial charge in [0.15, 0.2) is 0 Å². The second-order valence-electron chi connectivity index (χ2n) is 5.33. The summed E-state index contributed by atoms with van der Waals surface area (Å²) >= 11 is 0. The van der Waals surface area contributed by atoms with Gasteiger partial charge in [-0.05, 0) is 11.8 Å². The van der Waals surface area contributed by atoms with Crippen molar-refractivity contribution in [1.29, 1.82) is 0 Å². The molecule has 0 aromatic heterocycles. The molecule has 4 nitrogen and oxygen atoms in total. The molecule has 1 saturated heterocycles. The van der Waals surface area contributed by atoms with Crippen LogP contribution in [0.2, 0.25) is 0 Å². The summed E-state index contributed by atoms with van der Waals surface area (Å²) in [4.78, 5) is 13.2. The zero-order chi connectivity index (χ0) is 12.3. The highest BCUT2D eigenvalue weighted by atomic mass is 16.5. The highest BCUT2D eigenvalue weighted by Crippen LogP contribution is 2.36. The second kappa shape index (κ2) is 5.15. The van der Waals surface area contributed by atoms with E-state index < -0.39 is 5.97 Å². The van der Waals surface area contributed by atoms with Gasteiger partial charge in [-0.25, -0.2) is 0 Å². The van der Waals surface area contributed by atoms with Gasteiger partial charge in [0.05, 0.1) is 6.61 Å². The van der Waals surface area contributed by atoms with Crippen LogP contribution < -0.4 is 0 Å². The summed E-state index contributed by atoms with van der Waals surface area (Å²) in [6.07, 6.45) is 0.658. The Hall–Kier alpha value is -0.610. The largest absolute Gasteiger partial charge is 0.480 e. The van der Waals surface area contributed by atoms with E-state index >= 15 is 0 Å². The first kappa shape index (κ1) is 13.5.